The van der Waals surface area contributed by atoms with Crippen LogP contribution in [0.25, 0.3) is 0 Å². The van der Waals surface area contributed by atoms with Crippen LogP contribution in [0.15, 0.2) is 42.6 Å². The topological polar surface area (TPSA) is 76.2 Å². The number of nitrogens with zero attached hydrogens (tertiary/aromatic N) is 3. The summed E-state index contributed by atoms with van der Waals surface area (Å²) in [7, 11) is 0. The van der Waals surface area contributed by atoms with Crippen molar-refractivity contribution >= 4 is 11.7 Å². The maximum absolute atomic E-state index is 12.5. The van der Waals surface area contributed by atoms with Crippen molar-refractivity contribution in [2.24, 2.45) is 5.73 Å². The number of amides is 1. The van der Waals surface area contributed by atoms with Crippen LogP contribution >= 0.6 is 0 Å². The lowest BCUT2D eigenvalue weighted by molar-refractivity contribution is -0.117. The molecule has 140 valence electrons. The van der Waals surface area contributed by atoms with Crippen LogP contribution in [-0.4, -0.2) is 46.8 Å². The number of benzene rings is 1. The van der Waals surface area contributed by atoms with Gasteiger partial charge in [0.25, 0.3) is 0 Å². The highest BCUT2D eigenvalue weighted by molar-refractivity contribution is 5.91. The standard InChI is InChI=1S/C20H29N5O/c21-12-15-24(14-11-17-6-2-1-3-7-17)16-20(26)23-19-10-13-22-25(19)18-8-4-5-9-18/h1-3,6-7,10,13,18H,4-5,8-9,11-12,14-16,21H2,(H,23,26). The van der Waals surface area contributed by atoms with Crippen LogP contribution in [0, 0.1) is 0 Å². The van der Waals surface area contributed by atoms with Gasteiger partial charge in [0.15, 0.2) is 0 Å². The first-order chi connectivity index (χ1) is 12.8. The Morgan fingerprint density at radius 1 is 1.19 bits per heavy atom. The summed E-state index contributed by atoms with van der Waals surface area (Å²) in [6, 6.07) is 12.6. The van der Waals surface area contributed by atoms with Crippen molar-refractivity contribution in [3.63, 3.8) is 0 Å². The number of hydrogen-bond acceptors (Lipinski definition) is 4. The highest BCUT2D eigenvalue weighted by Gasteiger charge is 2.21. The summed E-state index contributed by atoms with van der Waals surface area (Å²) in [5.41, 5.74) is 7.00. The van der Waals surface area contributed by atoms with Gasteiger partial charge in [0.2, 0.25) is 5.91 Å². The van der Waals surface area contributed by atoms with Gasteiger partial charge in [-0.3, -0.25) is 9.69 Å². The second kappa shape index (κ2) is 9.50. The van der Waals surface area contributed by atoms with E-state index in [0.29, 0.717) is 25.7 Å². The van der Waals surface area contributed by atoms with Gasteiger partial charge < -0.3 is 11.1 Å². The molecule has 1 aliphatic rings. The summed E-state index contributed by atoms with van der Waals surface area (Å²) in [5.74, 6) is 0.795. The van der Waals surface area contributed by atoms with Crippen molar-refractivity contribution in [3.05, 3.63) is 48.2 Å². The molecule has 0 saturated heterocycles. The number of carbonyl (C=O) groups is 1. The normalized spacial score (nSPS) is 14.8. The molecule has 6 nitrogen and oxygen atoms in total. The van der Waals surface area contributed by atoms with E-state index in [0.717, 1.165) is 31.6 Å². The molecule has 1 heterocycles. The van der Waals surface area contributed by atoms with Crippen LogP contribution in [0.2, 0.25) is 0 Å². The summed E-state index contributed by atoms with van der Waals surface area (Å²) in [5, 5.41) is 7.44. The average molecular weight is 355 g/mol. The SMILES string of the molecule is NCCN(CCc1ccccc1)CC(=O)Nc1ccnn1C1CCCC1. The smallest absolute Gasteiger partial charge is 0.239 e. The Labute approximate surface area is 155 Å². The molecule has 0 aliphatic heterocycles. The quantitative estimate of drug-likeness (QED) is 0.724. The zero-order chi connectivity index (χ0) is 18.2. The lowest BCUT2D eigenvalue weighted by atomic mass is 10.1. The monoisotopic (exact) mass is 355 g/mol. The van der Waals surface area contributed by atoms with Crippen molar-refractivity contribution < 1.29 is 4.79 Å². The van der Waals surface area contributed by atoms with Gasteiger partial charge in [-0.1, -0.05) is 43.2 Å². The molecule has 6 heteroatoms. The first-order valence-electron chi connectivity index (χ1n) is 9.56. The summed E-state index contributed by atoms with van der Waals surface area (Å²) < 4.78 is 1.97. The minimum atomic E-state index is -0.00809. The van der Waals surface area contributed by atoms with Crippen molar-refractivity contribution in [1.29, 1.82) is 0 Å². The van der Waals surface area contributed by atoms with E-state index in [1.54, 1.807) is 6.20 Å². The number of carbonyl (C=O) groups excluding carboxylic acids is 1. The van der Waals surface area contributed by atoms with E-state index in [-0.39, 0.29) is 5.91 Å². The molecule has 0 spiro atoms. The number of nitrogens with one attached hydrogen (secondary N) is 1. The molecule has 1 aliphatic carbocycles. The first-order valence-corrected chi connectivity index (χ1v) is 9.56. The van der Waals surface area contributed by atoms with Crippen molar-refractivity contribution in [3.8, 4) is 0 Å². The molecule has 1 aromatic heterocycles. The fourth-order valence-electron chi connectivity index (χ4n) is 3.62. The number of anilines is 1. The fourth-order valence-corrected chi connectivity index (χ4v) is 3.62. The van der Waals surface area contributed by atoms with Gasteiger partial charge in [-0.2, -0.15) is 5.10 Å². The van der Waals surface area contributed by atoms with Crippen LogP contribution in [0.5, 0.6) is 0 Å². The number of nitrogens with two attached hydrogens (primary N) is 1. The molecule has 1 amide bonds. The lowest BCUT2D eigenvalue weighted by Crippen LogP contribution is -2.38. The maximum atomic E-state index is 12.5. The van der Waals surface area contributed by atoms with Crippen LogP contribution in [0.1, 0.15) is 37.3 Å². The molecule has 0 unspecified atom stereocenters. The third kappa shape index (κ3) is 5.16. The molecule has 0 atom stereocenters. The zero-order valence-corrected chi connectivity index (χ0v) is 15.3. The van der Waals surface area contributed by atoms with Gasteiger partial charge in [-0.15, -0.1) is 0 Å². The zero-order valence-electron chi connectivity index (χ0n) is 15.3. The molecule has 3 N–H and O–H groups in total. The van der Waals surface area contributed by atoms with Crippen LogP contribution in [0.3, 0.4) is 0 Å². The first kappa shape index (κ1) is 18.6. The highest BCUT2D eigenvalue weighted by Crippen LogP contribution is 2.31. The van der Waals surface area contributed by atoms with Crippen molar-refractivity contribution in [2.75, 3.05) is 31.5 Å². The van der Waals surface area contributed by atoms with Gasteiger partial charge in [-0.25, -0.2) is 4.68 Å². The van der Waals surface area contributed by atoms with E-state index >= 15 is 0 Å². The molecule has 26 heavy (non-hydrogen) atoms. The molecular weight excluding hydrogens is 326 g/mol. The maximum Gasteiger partial charge on any atom is 0.239 e. The van der Waals surface area contributed by atoms with E-state index in [9.17, 15) is 4.79 Å². The molecule has 0 radical (unpaired) electrons. The number of rotatable bonds is 9. The van der Waals surface area contributed by atoms with Gasteiger partial charge in [0.1, 0.15) is 5.82 Å². The third-order valence-electron chi connectivity index (χ3n) is 4.98. The van der Waals surface area contributed by atoms with Crippen LogP contribution < -0.4 is 11.1 Å². The van der Waals surface area contributed by atoms with E-state index in [2.05, 4.69) is 27.4 Å². The Balaban J connectivity index is 1.54. The summed E-state index contributed by atoms with van der Waals surface area (Å²) in [4.78, 5) is 14.6. The third-order valence-corrected chi connectivity index (χ3v) is 4.98. The Bertz CT molecular complexity index is 679. The van der Waals surface area contributed by atoms with E-state index < -0.39 is 0 Å². The molecule has 2 aromatic rings. The van der Waals surface area contributed by atoms with Gasteiger partial charge in [0.05, 0.1) is 18.8 Å². The summed E-state index contributed by atoms with van der Waals surface area (Å²) in [6.07, 6.45) is 7.43. The van der Waals surface area contributed by atoms with Gasteiger partial charge in [-0.05, 0) is 24.8 Å². The Morgan fingerprint density at radius 3 is 2.69 bits per heavy atom. The summed E-state index contributed by atoms with van der Waals surface area (Å²) >= 11 is 0. The Hall–Kier alpha value is -2.18. The van der Waals surface area contributed by atoms with Gasteiger partial charge in [0, 0.05) is 25.7 Å². The fraction of sp³-hybridized carbons (Fsp3) is 0.500. The molecular formula is C20H29N5O. The highest BCUT2D eigenvalue weighted by atomic mass is 16.2. The summed E-state index contributed by atoms with van der Waals surface area (Å²) in [6.45, 7) is 2.42. The van der Waals surface area contributed by atoms with Crippen LogP contribution in [0.4, 0.5) is 5.82 Å². The largest absolute Gasteiger partial charge is 0.329 e. The van der Waals surface area contributed by atoms with Gasteiger partial charge >= 0.3 is 0 Å². The van der Waals surface area contributed by atoms with E-state index in [4.69, 9.17) is 5.73 Å². The minimum Gasteiger partial charge on any atom is -0.329 e. The average Bonchev–Trinajstić information content (AvgIpc) is 3.32. The van der Waals surface area contributed by atoms with Crippen molar-refractivity contribution in [2.45, 2.75) is 38.1 Å². The second-order valence-electron chi connectivity index (χ2n) is 6.95. The molecule has 1 fully saturated rings. The Kier molecular flexibility index (Phi) is 6.80. The molecule has 3 rings (SSSR count). The minimum absolute atomic E-state index is 0.00809. The Morgan fingerprint density at radius 2 is 1.96 bits per heavy atom. The molecule has 1 aromatic carbocycles. The predicted octanol–water partition coefficient (Wildman–Crippen LogP) is 2.44. The number of aromatic nitrogens is 2. The lowest BCUT2D eigenvalue weighted by Gasteiger charge is -2.21. The molecule has 1 saturated carbocycles. The van der Waals surface area contributed by atoms with E-state index in [1.807, 2.05) is 28.9 Å². The van der Waals surface area contributed by atoms with Crippen molar-refractivity contribution in [1.82, 2.24) is 14.7 Å². The molecule has 0 bridgehead atoms. The van der Waals surface area contributed by atoms with Crippen LogP contribution in [-0.2, 0) is 11.2 Å². The number of hydrogen-bond donors (Lipinski definition) is 2. The second-order valence-corrected chi connectivity index (χ2v) is 6.95. The van der Waals surface area contributed by atoms with E-state index in [1.165, 1.54) is 18.4 Å². The predicted molar refractivity (Wildman–Crippen MR) is 104 cm³/mol.